The van der Waals surface area contributed by atoms with Crippen LogP contribution in [-0.2, 0) is 6.42 Å². The normalized spacial score (nSPS) is 13.9. The Morgan fingerprint density at radius 1 is 1.58 bits per heavy atom. The van der Waals surface area contributed by atoms with Crippen molar-refractivity contribution in [3.63, 3.8) is 0 Å². The number of hydrogen-bond acceptors (Lipinski definition) is 3. The van der Waals surface area contributed by atoms with Gasteiger partial charge in [-0.25, -0.2) is 9.78 Å². The molecule has 0 radical (unpaired) electrons. The Kier molecular flexibility index (Phi) is 4.06. The quantitative estimate of drug-likeness (QED) is 0.795. The largest absolute Gasteiger partial charge is 0.478 e. The molecule has 0 amide bonds. The third kappa shape index (κ3) is 3.47. The highest BCUT2D eigenvalue weighted by molar-refractivity contribution is 5.88. The minimum atomic E-state index is -0.926. The smallest absolute Gasteiger partial charge is 0.335 e. The van der Waals surface area contributed by atoms with Crippen molar-refractivity contribution in [2.75, 3.05) is 18.0 Å². The highest BCUT2D eigenvalue weighted by Crippen LogP contribution is 2.31. The number of aryl methyl sites for hydroxylation is 1. The van der Waals surface area contributed by atoms with E-state index in [1.807, 2.05) is 11.8 Å². The van der Waals surface area contributed by atoms with Gasteiger partial charge >= 0.3 is 5.97 Å². The van der Waals surface area contributed by atoms with Gasteiger partial charge in [-0.15, -0.1) is 6.42 Å². The lowest BCUT2D eigenvalue weighted by Gasteiger charge is -2.22. The van der Waals surface area contributed by atoms with Crippen LogP contribution < -0.4 is 4.90 Å². The van der Waals surface area contributed by atoms with Gasteiger partial charge in [0, 0.05) is 12.2 Å². The number of anilines is 1. The number of rotatable bonds is 6. The molecule has 0 unspecified atom stereocenters. The van der Waals surface area contributed by atoms with E-state index in [4.69, 9.17) is 11.5 Å². The Morgan fingerprint density at radius 3 is 2.84 bits per heavy atom. The first-order chi connectivity index (χ1) is 9.13. The first-order valence-corrected chi connectivity index (χ1v) is 6.56. The number of aromatic nitrogens is 1. The molecule has 4 nitrogen and oxygen atoms in total. The van der Waals surface area contributed by atoms with E-state index in [9.17, 15) is 4.79 Å². The number of hydrogen-bond donors (Lipinski definition) is 1. The van der Waals surface area contributed by atoms with Gasteiger partial charge in [0.15, 0.2) is 0 Å². The standard InChI is InChI=1S/C15H18N2O2/c1-3-7-17(10-11-5-6-11)14-9-12(15(18)19)8-13(4-2)16-14/h1,8-9,11H,4-7,10H2,2H3,(H,18,19). The second-order valence-corrected chi connectivity index (χ2v) is 4.89. The highest BCUT2D eigenvalue weighted by atomic mass is 16.4. The lowest BCUT2D eigenvalue weighted by Crippen LogP contribution is -2.27. The van der Waals surface area contributed by atoms with Gasteiger partial charge in [0.05, 0.1) is 12.1 Å². The summed E-state index contributed by atoms with van der Waals surface area (Å²) >= 11 is 0. The summed E-state index contributed by atoms with van der Waals surface area (Å²) in [4.78, 5) is 17.7. The molecule has 1 aromatic heterocycles. The van der Waals surface area contributed by atoms with Crippen LogP contribution in [0.3, 0.4) is 0 Å². The third-order valence-electron chi connectivity index (χ3n) is 3.26. The summed E-state index contributed by atoms with van der Waals surface area (Å²) in [5, 5.41) is 9.15. The molecular weight excluding hydrogens is 240 g/mol. The Morgan fingerprint density at radius 2 is 2.32 bits per heavy atom. The minimum Gasteiger partial charge on any atom is -0.478 e. The Balaban J connectivity index is 2.30. The molecule has 0 spiro atoms. The van der Waals surface area contributed by atoms with Crippen LogP contribution in [0.25, 0.3) is 0 Å². The Labute approximate surface area is 113 Å². The van der Waals surface area contributed by atoms with Crippen LogP contribution >= 0.6 is 0 Å². The second-order valence-electron chi connectivity index (χ2n) is 4.89. The van der Waals surface area contributed by atoms with Crippen LogP contribution in [0.15, 0.2) is 12.1 Å². The van der Waals surface area contributed by atoms with Gasteiger partial charge in [-0.1, -0.05) is 12.8 Å². The van der Waals surface area contributed by atoms with Crippen LogP contribution in [0.1, 0.15) is 35.8 Å². The predicted octanol–water partition coefficient (Wildman–Crippen LogP) is 2.19. The van der Waals surface area contributed by atoms with Crippen molar-refractivity contribution in [2.45, 2.75) is 26.2 Å². The maximum Gasteiger partial charge on any atom is 0.335 e. The summed E-state index contributed by atoms with van der Waals surface area (Å²) in [6.07, 6.45) is 8.55. The van der Waals surface area contributed by atoms with Crippen LogP contribution in [0.5, 0.6) is 0 Å². The summed E-state index contributed by atoms with van der Waals surface area (Å²) in [6, 6.07) is 3.23. The number of aromatic carboxylic acids is 1. The lowest BCUT2D eigenvalue weighted by atomic mass is 10.2. The number of carbonyl (C=O) groups is 1. The summed E-state index contributed by atoms with van der Waals surface area (Å²) in [6.45, 7) is 3.29. The number of terminal acetylenes is 1. The molecule has 1 N–H and O–H groups in total. The van der Waals surface area contributed by atoms with Crippen molar-refractivity contribution >= 4 is 11.8 Å². The van der Waals surface area contributed by atoms with Gasteiger partial charge < -0.3 is 10.0 Å². The van der Waals surface area contributed by atoms with Crippen molar-refractivity contribution < 1.29 is 9.90 Å². The second kappa shape index (κ2) is 5.75. The highest BCUT2D eigenvalue weighted by Gasteiger charge is 2.25. The van der Waals surface area contributed by atoms with Crippen molar-refractivity contribution in [3.8, 4) is 12.3 Å². The van der Waals surface area contributed by atoms with Crippen molar-refractivity contribution in [1.82, 2.24) is 4.98 Å². The molecule has 2 rings (SSSR count). The number of pyridine rings is 1. The Hall–Kier alpha value is -2.02. The topological polar surface area (TPSA) is 53.4 Å². The van der Waals surface area contributed by atoms with E-state index in [-0.39, 0.29) is 5.56 Å². The number of carboxylic acids is 1. The monoisotopic (exact) mass is 258 g/mol. The number of carboxylic acid groups (broad SMARTS) is 1. The third-order valence-corrected chi connectivity index (χ3v) is 3.26. The zero-order valence-electron chi connectivity index (χ0n) is 11.1. The van der Waals surface area contributed by atoms with Crippen LogP contribution in [0, 0.1) is 18.3 Å². The molecule has 1 aliphatic rings. The van der Waals surface area contributed by atoms with Crippen molar-refractivity contribution in [1.29, 1.82) is 0 Å². The predicted molar refractivity (Wildman–Crippen MR) is 74.3 cm³/mol. The Bertz CT molecular complexity index is 515. The SMILES string of the molecule is C#CCN(CC1CC1)c1cc(C(=O)O)cc(CC)n1. The van der Waals surface area contributed by atoms with Crippen LogP contribution in [0.2, 0.25) is 0 Å². The molecule has 19 heavy (non-hydrogen) atoms. The fraction of sp³-hybridized carbons (Fsp3) is 0.467. The van der Waals surface area contributed by atoms with E-state index in [0.29, 0.717) is 24.7 Å². The zero-order valence-corrected chi connectivity index (χ0v) is 11.1. The van der Waals surface area contributed by atoms with E-state index in [1.165, 1.54) is 12.8 Å². The maximum absolute atomic E-state index is 11.1. The van der Waals surface area contributed by atoms with E-state index >= 15 is 0 Å². The molecule has 0 bridgehead atoms. The lowest BCUT2D eigenvalue weighted by molar-refractivity contribution is 0.0696. The molecule has 4 heteroatoms. The van der Waals surface area contributed by atoms with Gasteiger partial charge in [0.1, 0.15) is 5.82 Å². The van der Waals surface area contributed by atoms with E-state index in [1.54, 1.807) is 12.1 Å². The molecule has 1 fully saturated rings. The molecule has 1 aromatic rings. The summed E-state index contributed by atoms with van der Waals surface area (Å²) in [5.74, 6) is 3.06. The summed E-state index contributed by atoms with van der Waals surface area (Å²) in [7, 11) is 0. The molecule has 100 valence electrons. The fourth-order valence-corrected chi connectivity index (χ4v) is 2.00. The van der Waals surface area contributed by atoms with Crippen molar-refractivity contribution in [3.05, 3.63) is 23.4 Å². The van der Waals surface area contributed by atoms with E-state index in [0.717, 1.165) is 12.2 Å². The van der Waals surface area contributed by atoms with Gasteiger partial charge in [-0.3, -0.25) is 0 Å². The average molecular weight is 258 g/mol. The average Bonchev–Trinajstić information content (AvgIpc) is 3.21. The van der Waals surface area contributed by atoms with Crippen LogP contribution in [-0.4, -0.2) is 29.1 Å². The van der Waals surface area contributed by atoms with Gasteiger partial charge in [-0.2, -0.15) is 0 Å². The molecule has 1 heterocycles. The van der Waals surface area contributed by atoms with Crippen LogP contribution in [0.4, 0.5) is 5.82 Å². The number of nitrogens with zero attached hydrogens (tertiary/aromatic N) is 2. The molecular formula is C15H18N2O2. The van der Waals surface area contributed by atoms with Gasteiger partial charge in [0.25, 0.3) is 0 Å². The first-order valence-electron chi connectivity index (χ1n) is 6.56. The first kappa shape index (κ1) is 13.4. The molecule has 0 atom stereocenters. The van der Waals surface area contributed by atoms with E-state index in [2.05, 4.69) is 10.9 Å². The van der Waals surface area contributed by atoms with Crippen molar-refractivity contribution in [2.24, 2.45) is 5.92 Å². The molecule has 1 aliphatic carbocycles. The van der Waals surface area contributed by atoms with E-state index < -0.39 is 5.97 Å². The molecule has 0 aromatic carbocycles. The fourth-order valence-electron chi connectivity index (χ4n) is 2.00. The zero-order chi connectivity index (χ0) is 13.8. The molecule has 0 aliphatic heterocycles. The summed E-state index contributed by atoms with van der Waals surface area (Å²) < 4.78 is 0. The summed E-state index contributed by atoms with van der Waals surface area (Å²) in [5.41, 5.74) is 1.06. The minimum absolute atomic E-state index is 0.277. The molecule has 1 saturated carbocycles. The van der Waals surface area contributed by atoms with Gasteiger partial charge in [0.2, 0.25) is 0 Å². The van der Waals surface area contributed by atoms with Gasteiger partial charge in [-0.05, 0) is 37.3 Å². The maximum atomic E-state index is 11.1. The molecule has 0 saturated heterocycles.